The van der Waals surface area contributed by atoms with E-state index in [1.54, 1.807) is 36.8 Å². The van der Waals surface area contributed by atoms with E-state index in [0.717, 1.165) is 35.5 Å². The average Bonchev–Trinajstić information content (AvgIpc) is 2.94. The van der Waals surface area contributed by atoms with Crippen molar-refractivity contribution in [1.82, 2.24) is 0 Å². The Morgan fingerprint density at radius 3 is 1.42 bits per heavy atom. The highest BCUT2D eigenvalue weighted by molar-refractivity contribution is 5.26. The lowest BCUT2D eigenvalue weighted by Gasteiger charge is -2.38. The molecule has 0 aromatic heterocycles. The maximum absolute atomic E-state index is 2.49. The smallest absolute Gasteiger partial charge is 0.0162 e. The Bertz CT molecular complexity index is 677. The summed E-state index contributed by atoms with van der Waals surface area (Å²) >= 11 is 0. The molecule has 204 valence electrons. The Kier molecular flexibility index (Phi) is 12.2. The van der Waals surface area contributed by atoms with Gasteiger partial charge in [0, 0.05) is 0 Å². The Hall–Kier alpha value is -0.780. The van der Waals surface area contributed by atoms with Crippen molar-refractivity contribution >= 4 is 0 Å². The standard InChI is InChI=1S/C36H60/c1-3-5-7-9-29-13-21-33(22-14-29)35-25-17-31(18-26-35)11-12-32-19-27-36(28-20-32)34-23-15-30(16-24-34)10-8-6-4-2/h17-18,25-26,29-30,32-34,36H,3-16,19-24,27-28H2,1-2H3. The Labute approximate surface area is 225 Å². The summed E-state index contributed by atoms with van der Waals surface area (Å²) in [6.07, 6.45) is 32.4. The van der Waals surface area contributed by atoms with E-state index in [2.05, 4.69) is 38.1 Å². The summed E-state index contributed by atoms with van der Waals surface area (Å²) in [5.74, 6) is 6.07. The second kappa shape index (κ2) is 15.6. The monoisotopic (exact) mass is 492 g/mol. The van der Waals surface area contributed by atoms with Crippen LogP contribution in [-0.4, -0.2) is 0 Å². The molecule has 3 aliphatic rings. The van der Waals surface area contributed by atoms with Crippen LogP contribution in [0.1, 0.15) is 166 Å². The van der Waals surface area contributed by atoms with Crippen LogP contribution in [0.15, 0.2) is 24.3 Å². The second-order valence-electron chi connectivity index (χ2n) is 13.6. The van der Waals surface area contributed by atoms with Crippen LogP contribution in [0.5, 0.6) is 0 Å². The van der Waals surface area contributed by atoms with E-state index >= 15 is 0 Å². The van der Waals surface area contributed by atoms with Gasteiger partial charge >= 0.3 is 0 Å². The maximum atomic E-state index is 2.49. The first-order chi connectivity index (χ1) is 17.7. The minimum absolute atomic E-state index is 0.836. The zero-order valence-electron chi connectivity index (χ0n) is 24.3. The van der Waals surface area contributed by atoms with Gasteiger partial charge in [-0.25, -0.2) is 0 Å². The van der Waals surface area contributed by atoms with E-state index < -0.39 is 0 Å². The molecule has 1 aromatic carbocycles. The van der Waals surface area contributed by atoms with Crippen molar-refractivity contribution in [2.24, 2.45) is 29.6 Å². The normalized spacial score (nSPS) is 31.4. The molecule has 0 bridgehead atoms. The lowest BCUT2D eigenvalue weighted by atomic mass is 9.68. The minimum atomic E-state index is 0.836. The van der Waals surface area contributed by atoms with Crippen LogP contribution < -0.4 is 0 Å². The van der Waals surface area contributed by atoms with E-state index in [1.807, 2.05) is 0 Å². The van der Waals surface area contributed by atoms with Crippen LogP contribution in [0.2, 0.25) is 0 Å². The van der Waals surface area contributed by atoms with Crippen LogP contribution in [0, 0.1) is 29.6 Å². The van der Waals surface area contributed by atoms with E-state index in [0.29, 0.717) is 0 Å². The molecular formula is C36H60. The lowest BCUT2D eigenvalue weighted by Crippen LogP contribution is -2.26. The topological polar surface area (TPSA) is 0 Å². The number of benzene rings is 1. The molecule has 0 radical (unpaired) electrons. The van der Waals surface area contributed by atoms with Gasteiger partial charge in [0.25, 0.3) is 0 Å². The van der Waals surface area contributed by atoms with Crippen molar-refractivity contribution in [2.45, 2.75) is 161 Å². The molecular weight excluding hydrogens is 432 g/mol. The highest BCUT2D eigenvalue weighted by Gasteiger charge is 2.30. The summed E-state index contributed by atoms with van der Waals surface area (Å²) in [4.78, 5) is 0. The number of rotatable bonds is 13. The molecule has 0 N–H and O–H groups in total. The van der Waals surface area contributed by atoms with Gasteiger partial charge in [-0.3, -0.25) is 0 Å². The molecule has 3 fully saturated rings. The molecule has 3 saturated carbocycles. The molecule has 0 spiro atoms. The van der Waals surface area contributed by atoms with Crippen LogP contribution in [0.3, 0.4) is 0 Å². The van der Waals surface area contributed by atoms with Crippen LogP contribution in [0.4, 0.5) is 0 Å². The fourth-order valence-electron chi connectivity index (χ4n) is 8.37. The van der Waals surface area contributed by atoms with Gasteiger partial charge in [0.15, 0.2) is 0 Å². The molecule has 0 saturated heterocycles. The van der Waals surface area contributed by atoms with Crippen molar-refractivity contribution < 1.29 is 0 Å². The third-order valence-electron chi connectivity index (χ3n) is 11.0. The second-order valence-corrected chi connectivity index (χ2v) is 13.6. The molecule has 0 heterocycles. The molecule has 0 unspecified atom stereocenters. The number of hydrogen-bond acceptors (Lipinski definition) is 0. The van der Waals surface area contributed by atoms with Gasteiger partial charge < -0.3 is 0 Å². The molecule has 36 heavy (non-hydrogen) atoms. The molecule has 4 rings (SSSR count). The van der Waals surface area contributed by atoms with E-state index in [9.17, 15) is 0 Å². The van der Waals surface area contributed by atoms with Gasteiger partial charge in [0.2, 0.25) is 0 Å². The Morgan fingerprint density at radius 1 is 0.500 bits per heavy atom. The van der Waals surface area contributed by atoms with Crippen molar-refractivity contribution in [3.05, 3.63) is 35.4 Å². The fourth-order valence-corrected chi connectivity index (χ4v) is 8.37. The van der Waals surface area contributed by atoms with Gasteiger partial charge in [-0.05, 0) is 111 Å². The zero-order valence-corrected chi connectivity index (χ0v) is 24.3. The fraction of sp³-hybridized carbons (Fsp3) is 0.833. The van der Waals surface area contributed by atoms with Gasteiger partial charge in [-0.2, -0.15) is 0 Å². The van der Waals surface area contributed by atoms with E-state index in [-0.39, 0.29) is 0 Å². The lowest BCUT2D eigenvalue weighted by molar-refractivity contribution is 0.140. The first-order valence-electron chi connectivity index (χ1n) is 16.8. The van der Waals surface area contributed by atoms with Crippen LogP contribution in [0.25, 0.3) is 0 Å². The SMILES string of the molecule is CCCCCC1CCC(c2ccc(CCC3CCC(C4CCC(CCCCC)CC4)CC3)cc2)CC1. The van der Waals surface area contributed by atoms with Crippen LogP contribution in [-0.2, 0) is 6.42 Å². The highest BCUT2D eigenvalue weighted by atomic mass is 14.4. The quantitative estimate of drug-likeness (QED) is 0.240. The molecule has 0 heteroatoms. The number of unbranched alkanes of at least 4 members (excludes halogenated alkanes) is 4. The maximum Gasteiger partial charge on any atom is -0.0162 e. The average molecular weight is 493 g/mol. The highest BCUT2D eigenvalue weighted by Crippen LogP contribution is 2.43. The molecule has 0 amide bonds. The Balaban J connectivity index is 1.10. The summed E-state index contributed by atoms with van der Waals surface area (Å²) in [5, 5.41) is 0. The first-order valence-corrected chi connectivity index (χ1v) is 16.8. The predicted octanol–water partition coefficient (Wildman–Crippen LogP) is 11.7. The minimum Gasteiger partial charge on any atom is -0.0654 e. The summed E-state index contributed by atoms with van der Waals surface area (Å²) in [6.45, 7) is 4.66. The van der Waals surface area contributed by atoms with Crippen molar-refractivity contribution in [3.63, 3.8) is 0 Å². The Morgan fingerprint density at radius 2 is 0.944 bits per heavy atom. The van der Waals surface area contributed by atoms with Gasteiger partial charge in [0.1, 0.15) is 0 Å². The summed E-state index contributed by atoms with van der Waals surface area (Å²) < 4.78 is 0. The van der Waals surface area contributed by atoms with Gasteiger partial charge in [0.05, 0.1) is 0 Å². The van der Waals surface area contributed by atoms with Gasteiger partial charge in [-0.15, -0.1) is 0 Å². The third-order valence-corrected chi connectivity index (χ3v) is 11.0. The number of hydrogen-bond donors (Lipinski definition) is 0. The molecule has 0 aliphatic heterocycles. The van der Waals surface area contributed by atoms with Crippen LogP contribution >= 0.6 is 0 Å². The third kappa shape index (κ3) is 8.91. The van der Waals surface area contributed by atoms with Gasteiger partial charge in [-0.1, -0.05) is 115 Å². The predicted molar refractivity (Wildman–Crippen MR) is 159 cm³/mol. The van der Waals surface area contributed by atoms with Crippen molar-refractivity contribution in [3.8, 4) is 0 Å². The molecule has 0 atom stereocenters. The number of aryl methyl sites for hydroxylation is 1. The van der Waals surface area contributed by atoms with Crippen molar-refractivity contribution in [2.75, 3.05) is 0 Å². The molecule has 1 aromatic rings. The van der Waals surface area contributed by atoms with Crippen molar-refractivity contribution in [1.29, 1.82) is 0 Å². The zero-order chi connectivity index (χ0) is 25.0. The molecule has 3 aliphatic carbocycles. The summed E-state index contributed by atoms with van der Waals surface area (Å²) in [7, 11) is 0. The van der Waals surface area contributed by atoms with E-state index in [4.69, 9.17) is 0 Å². The largest absolute Gasteiger partial charge is 0.0654 e. The van der Waals surface area contributed by atoms with E-state index in [1.165, 1.54) is 116 Å². The first kappa shape index (κ1) is 28.2. The summed E-state index contributed by atoms with van der Waals surface area (Å²) in [5.41, 5.74) is 3.22. The molecule has 0 nitrogen and oxygen atoms in total. The summed E-state index contributed by atoms with van der Waals surface area (Å²) in [6, 6.07) is 9.94.